The fraction of sp³-hybridized carbons (Fsp3) is 0.933. The van der Waals surface area contributed by atoms with E-state index in [2.05, 4.69) is 0 Å². The van der Waals surface area contributed by atoms with Crippen LogP contribution in [-0.2, 0) is 9.53 Å². The van der Waals surface area contributed by atoms with Crippen LogP contribution in [0.25, 0.3) is 0 Å². The molecule has 0 aromatic rings. The maximum absolute atomic E-state index is 12.3. The van der Waals surface area contributed by atoms with E-state index in [-0.39, 0.29) is 11.8 Å². The van der Waals surface area contributed by atoms with Gasteiger partial charge in [-0.2, -0.15) is 0 Å². The van der Waals surface area contributed by atoms with Gasteiger partial charge in [-0.05, 0) is 56.3 Å². The lowest BCUT2D eigenvalue weighted by molar-refractivity contribution is -0.216. The summed E-state index contributed by atoms with van der Waals surface area (Å²) in [6.07, 6.45) is 1.98. The third kappa shape index (κ3) is 1.97. The van der Waals surface area contributed by atoms with Crippen molar-refractivity contribution in [2.45, 2.75) is 57.5 Å². The lowest BCUT2D eigenvalue weighted by Gasteiger charge is -2.62. The minimum atomic E-state index is -2.61. The standard InChI is InChI=1S/C15H22F2O3/c1-2-15(19)10-3-9-4-11(15)7-14(5-9,6-10)13(18)20-8-12(16)17/h9-12,19H,2-8H2,1H3. The highest BCUT2D eigenvalue weighted by Crippen LogP contribution is 2.64. The second kappa shape index (κ2) is 4.65. The molecular formula is C15H22F2O3. The topological polar surface area (TPSA) is 46.5 Å². The van der Waals surface area contributed by atoms with Crippen molar-refractivity contribution in [3.8, 4) is 0 Å². The fourth-order valence-corrected chi connectivity index (χ4v) is 5.19. The van der Waals surface area contributed by atoms with Crippen LogP contribution in [0.15, 0.2) is 0 Å². The first-order valence-electron chi connectivity index (χ1n) is 7.57. The molecule has 4 fully saturated rings. The number of rotatable bonds is 4. The van der Waals surface area contributed by atoms with Crippen molar-refractivity contribution < 1.29 is 23.4 Å². The van der Waals surface area contributed by atoms with Gasteiger partial charge >= 0.3 is 5.97 Å². The van der Waals surface area contributed by atoms with Crippen LogP contribution in [0.1, 0.15) is 45.4 Å². The Morgan fingerprint density at radius 3 is 2.40 bits per heavy atom. The molecular weight excluding hydrogens is 266 g/mol. The zero-order chi connectivity index (χ0) is 14.5. The van der Waals surface area contributed by atoms with Crippen molar-refractivity contribution >= 4 is 5.97 Å². The number of halogens is 2. The lowest BCUT2D eigenvalue weighted by Crippen LogP contribution is -2.62. The maximum atomic E-state index is 12.3. The van der Waals surface area contributed by atoms with Crippen LogP contribution in [0.4, 0.5) is 8.78 Å². The first-order valence-corrected chi connectivity index (χ1v) is 7.57. The monoisotopic (exact) mass is 288 g/mol. The number of alkyl halides is 2. The van der Waals surface area contributed by atoms with Gasteiger partial charge in [0.2, 0.25) is 0 Å². The molecule has 2 atom stereocenters. The van der Waals surface area contributed by atoms with E-state index in [4.69, 9.17) is 4.74 Å². The SMILES string of the molecule is CCC1(O)C2CC3CC1CC(C(=O)OCC(F)F)(C3)C2. The predicted molar refractivity (Wildman–Crippen MR) is 68.2 cm³/mol. The van der Waals surface area contributed by atoms with Gasteiger partial charge in [0.25, 0.3) is 6.43 Å². The number of carbonyl (C=O) groups is 1. The third-order valence-corrected chi connectivity index (χ3v) is 5.94. The number of aliphatic hydroxyl groups is 1. The molecule has 0 saturated heterocycles. The first kappa shape index (κ1) is 14.2. The Kier molecular flexibility index (Phi) is 3.31. The highest BCUT2D eigenvalue weighted by atomic mass is 19.3. The summed E-state index contributed by atoms with van der Waals surface area (Å²) < 4.78 is 29.3. The van der Waals surface area contributed by atoms with Crippen LogP contribution < -0.4 is 0 Å². The number of hydrogen-bond acceptors (Lipinski definition) is 3. The summed E-state index contributed by atoms with van der Waals surface area (Å²) in [6, 6.07) is 0. The van der Waals surface area contributed by atoms with E-state index in [9.17, 15) is 18.7 Å². The Bertz CT molecular complexity index is 394. The Balaban J connectivity index is 1.79. The Hall–Kier alpha value is -0.710. The quantitative estimate of drug-likeness (QED) is 0.809. The molecule has 4 aliphatic rings. The van der Waals surface area contributed by atoms with Gasteiger partial charge in [-0.25, -0.2) is 8.78 Å². The summed E-state index contributed by atoms with van der Waals surface area (Å²) in [5, 5.41) is 10.8. The molecule has 0 spiro atoms. The molecule has 4 bridgehead atoms. The Morgan fingerprint density at radius 1 is 1.30 bits per heavy atom. The van der Waals surface area contributed by atoms with E-state index in [0.717, 1.165) is 19.3 Å². The minimum Gasteiger partial charge on any atom is -0.459 e. The molecule has 3 nitrogen and oxygen atoms in total. The van der Waals surface area contributed by atoms with Crippen LogP contribution in [0.5, 0.6) is 0 Å². The molecule has 0 aromatic carbocycles. The number of hydrogen-bond donors (Lipinski definition) is 1. The second-order valence-corrected chi connectivity index (χ2v) is 6.96. The van der Waals surface area contributed by atoms with Gasteiger partial charge in [-0.1, -0.05) is 6.92 Å². The zero-order valence-electron chi connectivity index (χ0n) is 11.8. The number of carbonyl (C=O) groups excluding carboxylic acids is 1. The van der Waals surface area contributed by atoms with Gasteiger partial charge in [0.05, 0.1) is 11.0 Å². The third-order valence-electron chi connectivity index (χ3n) is 5.94. The van der Waals surface area contributed by atoms with Crippen LogP contribution in [0.2, 0.25) is 0 Å². The molecule has 114 valence electrons. The molecule has 1 N–H and O–H groups in total. The Morgan fingerprint density at radius 2 is 1.90 bits per heavy atom. The number of esters is 1. The average molecular weight is 288 g/mol. The zero-order valence-corrected chi connectivity index (χ0v) is 11.8. The molecule has 4 rings (SSSR count). The van der Waals surface area contributed by atoms with Crippen LogP contribution in [0.3, 0.4) is 0 Å². The van der Waals surface area contributed by atoms with Crippen molar-refractivity contribution in [1.29, 1.82) is 0 Å². The molecule has 0 aromatic heterocycles. The van der Waals surface area contributed by atoms with Gasteiger partial charge in [0, 0.05) is 0 Å². The van der Waals surface area contributed by atoms with Crippen LogP contribution >= 0.6 is 0 Å². The van der Waals surface area contributed by atoms with Crippen molar-refractivity contribution in [2.75, 3.05) is 6.61 Å². The first-order chi connectivity index (χ1) is 9.39. The Labute approximate surface area is 117 Å². The maximum Gasteiger partial charge on any atom is 0.312 e. The van der Waals surface area contributed by atoms with Gasteiger partial charge in [0.15, 0.2) is 6.61 Å². The summed E-state index contributed by atoms with van der Waals surface area (Å²) in [7, 11) is 0. The molecule has 0 heterocycles. The summed E-state index contributed by atoms with van der Waals surface area (Å²) >= 11 is 0. The molecule has 0 radical (unpaired) electrons. The molecule has 0 amide bonds. The lowest BCUT2D eigenvalue weighted by atomic mass is 9.44. The molecule has 4 aliphatic carbocycles. The van der Waals surface area contributed by atoms with Crippen molar-refractivity contribution in [3.63, 3.8) is 0 Å². The average Bonchev–Trinajstić information content (AvgIpc) is 2.41. The molecule has 4 saturated carbocycles. The highest BCUT2D eigenvalue weighted by molar-refractivity contribution is 5.77. The van der Waals surface area contributed by atoms with E-state index < -0.39 is 30.0 Å². The van der Waals surface area contributed by atoms with E-state index in [1.54, 1.807) is 0 Å². The molecule has 0 aliphatic heterocycles. The van der Waals surface area contributed by atoms with E-state index in [0.29, 0.717) is 25.2 Å². The van der Waals surface area contributed by atoms with E-state index in [1.807, 2.05) is 6.92 Å². The van der Waals surface area contributed by atoms with E-state index in [1.165, 1.54) is 0 Å². The summed E-state index contributed by atoms with van der Waals surface area (Å²) in [5.41, 5.74) is -1.27. The predicted octanol–water partition coefficient (Wildman–Crippen LogP) is 2.76. The van der Waals surface area contributed by atoms with Crippen molar-refractivity contribution in [3.05, 3.63) is 0 Å². The van der Waals surface area contributed by atoms with Crippen LogP contribution in [0, 0.1) is 23.2 Å². The number of ether oxygens (including phenoxy) is 1. The molecule has 5 heteroatoms. The van der Waals surface area contributed by atoms with Crippen molar-refractivity contribution in [1.82, 2.24) is 0 Å². The summed E-state index contributed by atoms with van der Waals surface area (Å²) in [5.74, 6) is 0.226. The summed E-state index contributed by atoms with van der Waals surface area (Å²) in [6.45, 7) is 1.18. The van der Waals surface area contributed by atoms with Gasteiger partial charge in [0.1, 0.15) is 0 Å². The fourth-order valence-electron chi connectivity index (χ4n) is 5.19. The largest absolute Gasteiger partial charge is 0.459 e. The van der Waals surface area contributed by atoms with Gasteiger partial charge in [-0.3, -0.25) is 4.79 Å². The molecule has 20 heavy (non-hydrogen) atoms. The summed E-state index contributed by atoms with van der Waals surface area (Å²) in [4.78, 5) is 12.3. The normalized spacial score (nSPS) is 46.0. The second-order valence-electron chi connectivity index (χ2n) is 6.96. The minimum absolute atomic E-state index is 0.123. The van der Waals surface area contributed by atoms with Crippen LogP contribution in [-0.4, -0.2) is 29.7 Å². The van der Waals surface area contributed by atoms with Crippen molar-refractivity contribution in [2.24, 2.45) is 23.2 Å². The van der Waals surface area contributed by atoms with Gasteiger partial charge in [-0.15, -0.1) is 0 Å². The molecule has 2 unspecified atom stereocenters. The highest BCUT2D eigenvalue weighted by Gasteiger charge is 2.63. The van der Waals surface area contributed by atoms with E-state index >= 15 is 0 Å². The van der Waals surface area contributed by atoms with Gasteiger partial charge < -0.3 is 9.84 Å². The smallest absolute Gasteiger partial charge is 0.312 e.